The van der Waals surface area contributed by atoms with Crippen LogP contribution in [-0.2, 0) is 0 Å². The maximum absolute atomic E-state index is 5.86. The third-order valence-electron chi connectivity index (χ3n) is 2.67. The van der Waals surface area contributed by atoms with Gasteiger partial charge in [0.1, 0.15) is 11.5 Å². The molecule has 3 rings (SSSR count). The number of hydrogen-bond acceptors (Lipinski definition) is 1. The molecule has 74 valence electrons. The minimum atomic E-state index is -0.248. The number of fused-ring (bicyclic) bond motifs is 2. The molecule has 1 nitrogen and oxygen atoms in total. The Morgan fingerprint density at radius 1 is 0.800 bits per heavy atom. The molecule has 0 atom stereocenters. The summed E-state index contributed by atoms with van der Waals surface area (Å²) in [5, 5.41) is 0. The van der Waals surface area contributed by atoms with Crippen LogP contribution in [-0.4, -0.2) is 7.12 Å². The summed E-state index contributed by atoms with van der Waals surface area (Å²) in [5.74, 6) is 2.04. The fraction of sp³-hybridized carbons (Fsp3) is 0. The Labute approximate surface area is 92.7 Å². The van der Waals surface area contributed by atoms with Gasteiger partial charge in [0.05, 0.1) is 0 Å². The first-order chi connectivity index (χ1) is 7.36. The molecule has 0 fully saturated rings. The Morgan fingerprint density at radius 3 is 1.80 bits per heavy atom. The Balaban J connectivity index is 2.20. The van der Waals surface area contributed by atoms with Crippen LogP contribution in [0.1, 0.15) is 0 Å². The lowest BCUT2D eigenvalue weighted by Crippen LogP contribution is -1.99. The van der Waals surface area contributed by atoms with Gasteiger partial charge in [0, 0.05) is 9.79 Å². The number of benzene rings is 2. The molecule has 1 aliphatic heterocycles. The zero-order valence-corrected chi connectivity index (χ0v) is 9.37. The average molecular weight is 214 g/mol. The molecule has 2 aromatic carbocycles. The van der Waals surface area contributed by atoms with Crippen molar-refractivity contribution >= 4 is 17.9 Å². The van der Waals surface area contributed by atoms with E-state index in [-0.39, 0.29) is 10.7 Å². The normalized spacial score (nSPS) is 15.1. The summed E-state index contributed by atoms with van der Waals surface area (Å²) in [5.41, 5.74) is 0. The van der Waals surface area contributed by atoms with E-state index in [1.54, 1.807) is 0 Å². The lowest BCUT2D eigenvalue weighted by atomic mass is 10.3. The monoisotopic (exact) mass is 214 g/mol. The molecule has 0 spiro atoms. The smallest absolute Gasteiger partial charge is 0.160 e. The third kappa shape index (κ3) is 1.35. The molecule has 0 aliphatic carbocycles. The number of rotatable bonds is 0. The first-order valence-corrected chi connectivity index (χ1v) is 6.75. The van der Waals surface area contributed by atoms with Gasteiger partial charge >= 0.3 is 0 Å². The van der Waals surface area contributed by atoms with Gasteiger partial charge in [-0.3, -0.25) is 0 Å². The summed E-state index contributed by atoms with van der Waals surface area (Å²) in [6.45, 7) is 0. The molecule has 1 aliphatic rings. The van der Waals surface area contributed by atoms with Gasteiger partial charge < -0.3 is 4.74 Å². The first-order valence-electron chi connectivity index (χ1n) is 4.96. The van der Waals surface area contributed by atoms with Crippen molar-refractivity contribution in [2.45, 2.75) is 9.79 Å². The molecule has 2 aromatic rings. The highest BCUT2D eigenvalue weighted by Crippen LogP contribution is 2.54. The van der Waals surface area contributed by atoms with Crippen molar-refractivity contribution in [2.24, 2.45) is 0 Å². The first kappa shape index (κ1) is 8.92. The van der Waals surface area contributed by atoms with Crippen LogP contribution in [0.4, 0.5) is 0 Å². The van der Waals surface area contributed by atoms with E-state index in [2.05, 4.69) is 31.4 Å². The van der Waals surface area contributed by atoms with Gasteiger partial charge in [0.25, 0.3) is 0 Å². The SMILES string of the molecule is B[SH]1c2ccccc2Oc2ccccc21. The van der Waals surface area contributed by atoms with Gasteiger partial charge in [-0.15, -0.1) is 0 Å². The van der Waals surface area contributed by atoms with Crippen LogP contribution >= 0.6 is 10.7 Å². The van der Waals surface area contributed by atoms with E-state index in [0.717, 1.165) is 11.5 Å². The maximum Gasteiger partial charge on any atom is 0.160 e. The van der Waals surface area contributed by atoms with E-state index < -0.39 is 0 Å². The molecule has 0 saturated carbocycles. The predicted octanol–water partition coefficient (Wildman–Crippen LogP) is 2.76. The molecule has 0 radical (unpaired) electrons. The number of hydrogen-bond donors (Lipinski definition) is 1. The predicted molar refractivity (Wildman–Crippen MR) is 67.0 cm³/mol. The van der Waals surface area contributed by atoms with Crippen molar-refractivity contribution in [3.05, 3.63) is 48.5 Å². The second kappa shape index (κ2) is 3.35. The molecule has 15 heavy (non-hydrogen) atoms. The van der Waals surface area contributed by atoms with E-state index in [4.69, 9.17) is 4.74 Å². The molecule has 1 heterocycles. The quantitative estimate of drug-likeness (QED) is 0.524. The molecule has 0 unspecified atom stereocenters. The molecule has 3 heteroatoms. The lowest BCUT2D eigenvalue weighted by molar-refractivity contribution is 0.454. The Bertz CT molecular complexity index is 467. The number of para-hydroxylation sites is 2. The van der Waals surface area contributed by atoms with Crippen LogP contribution in [0.3, 0.4) is 0 Å². The highest BCUT2D eigenvalue weighted by atomic mass is 32.2. The van der Waals surface area contributed by atoms with Crippen molar-refractivity contribution < 1.29 is 4.74 Å². The molecular weight excluding hydrogens is 203 g/mol. The van der Waals surface area contributed by atoms with Gasteiger partial charge in [0.2, 0.25) is 0 Å². The molecule has 0 amide bonds. The summed E-state index contributed by atoms with van der Waals surface area (Å²) in [6.07, 6.45) is 0. The number of ether oxygens (including phenoxy) is 1. The highest BCUT2D eigenvalue weighted by molar-refractivity contribution is 8.35. The number of thiol groups is 1. The van der Waals surface area contributed by atoms with Crippen LogP contribution in [0.5, 0.6) is 11.5 Å². The van der Waals surface area contributed by atoms with Crippen LogP contribution in [0, 0.1) is 0 Å². The second-order valence-electron chi connectivity index (χ2n) is 3.60. The van der Waals surface area contributed by atoms with E-state index >= 15 is 0 Å². The summed E-state index contributed by atoms with van der Waals surface area (Å²) in [6, 6.07) is 16.6. The van der Waals surface area contributed by atoms with E-state index in [0.29, 0.717) is 0 Å². The van der Waals surface area contributed by atoms with Crippen LogP contribution in [0.2, 0.25) is 0 Å². The van der Waals surface area contributed by atoms with Gasteiger partial charge in [-0.05, 0) is 24.3 Å². The minimum absolute atomic E-state index is 0.248. The molecule has 0 N–H and O–H groups in total. The highest BCUT2D eigenvalue weighted by Gasteiger charge is 2.19. The summed E-state index contributed by atoms with van der Waals surface area (Å²) in [7, 11) is 2.04. The Morgan fingerprint density at radius 2 is 1.27 bits per heavy atom. The zero-order chi connectivity index (χ0) is 10.3. The lowest BCUT2D eigenvalue weighted by Gasteiger charge is -2.28. The zero-order valence-electron chi connectivity index (χ0n) is 8.47. The van der Waals surface area contributed by atoms with Crippen molar-refractivity contribution in [3.8, 4) is 11.5 Å². The van der Waals surface area contributed by atoms with Crippen LogP contribution in [0.15, 0.2) is 58.3 Å². The topological polar surface area (TPSA) is 9.23 Å². The van der Waals surface area contributed by atoms with Crippen molar-refractivity contribution in [3.63, 3.8) is 0 Å². The fourth-order valence-corrected chi connectivity index (χ4v) is 3.67. The van der Waals surface area contributed by atoms with E-state index in [9.17, 15) is 0 Å². The van der Waals surface area contributed by atoms with Crippen molar-refractivity contribution in [1.29, 1.82) is 0 Å². The minimum Gasteiger partial charge on any atom is -0.455 e. The van der Waals surface area contributed by atoms with Crippen LogP contribution in [0.25, 0.3) is 0 Å². The standard InChI is InChI=1S/C12H11BOS/c13-15-11-7-3-1-5-9(11)14-10-6-2-4-8-12(10)15/h1-8,15H,13H2. The van der Waals surface area contributed by atoms with Gasteiger partial charge in [-0.2, -0.15) is 0 Å². The van der Waals surface area contributed by atoms with Crippen molar-refractivity contribution in [1.82, 2.24) is 0 Å². The second-order valence-corrected chi connectivity index (χ2v) is 5.68. The van der Waals surface area contributed by atoms with Gasteiger partial charge in [0.15, 0.2) is 7.12 Å². The molecular formula is C12H11BOS. The van der Waals surface area contributed by atoms with E-state index in [1.165, 1.54) is 9.79 Å². The fourth-order valence-electron chi connectivity index (χ4n) is 1.89. The molecule has 0 bridgehead atoms. The van der Waals surface area contributed by atoms with Crippen molar-refractivity contribution in [2.75, 3.05) is 0 Å². The maximum atomic E-state index is 5.86. The summed E-state index contributed by atoms with van der Waals surface area (Å²) in [4.78, 5) is 2.68. The summed E-state index contributed by atoms with van der Waals surface area (Å²) < 4.78 is 5.86. The average Bonchev–Trinajstić information content (AvgIpc) is 2.30. The molecule has 0 aromatic heterocycles. The van der Waals surface area contributed by atoms with Gasteiger partial charge in [-0.1, -0.05) is 24.3 Å². The summed E-state index contributed by atoms with van der Waals surface area (Å²) >= 11 is 0. The Hall–Kier alpha value is -1.35. The van der Waals surface area contributed by atoms with Crippen LogP contribution < -0.4 is 4.74 Å². The van der Waals surface area contributed by atoms with Gasteiger partial charge in [-0.25, -0.2) is 10.7 Å². The third-order valence-corrected chi connectivity index (χ3v) is 4.86. The largest absolute Gasteiger partial charge is 0.455 e. The molecule has 0 saturated heterocycles. The Kier molecular flexibility index (Phi) is 1.99. The van der Waals surface area contributed by atoms with E-state index in [1.807, 2.05) is 24.3 Å².